The minimum absolute atomic E-state index is 0.162. The zero-order valence-electron chi connectivity index (χ0n) is 11.1. The minimum Gasteiger partial charge on any atom is -0.387 e. The zero-order chi connectivity index (χ0) is 13.8. The van der Waals surface area contributed by atoms with Crippen LogP contribution in [0.25, 0.3) is 0 Å². The van der Waals surface area contributed by atoms with Crippen molar-refractivity contribution in [1.29, 1.82) is 0 Å². The number of nitrogens with zero attached hydrogens (tertiary/aromatic N) is 4. The van der Waals surface area contributed by atoms with E-state index in [1.54, 1.807) is 26.4 Å². The van der Waals surface area contributed by atoms with E-state index >= 15 is 0 Å². The molecule has 0 unspecified atom stereocenters. The topological polar surface area (TPSA) is 86.8 Å². The van der Waals surface area contributed by atoms with Gasteiger partial charge in [-0.3, -0.25) is 9.89 Å². The molecule has 19 heavy (non-hydrogen) atoms. The number of rotatable bonds is 4. The van der Waals surface area contributed by atoms with Gasteiger partial charge in [-0.2, -0.15) is 5.10 Å². The lowest BCUT2D eigenvalue weighted by Crippen LogP contribution is -2.27. The van der Waals surface area contributed by atoms with Crippen LogP contribution in [0.5, 0.6) is 0 Å². The first-order chi connectivity index (χ1) is 9.10. The molecule has 0 aliphatic heterocycles. The second-order valence-corrected chi connectivity index (χ2v) is 4.18. The van der Waals surface area contributed by atoms with Crippen molar-refractivity contribution in [2.24, 2.45) is 0 Å². The Labute approximate surface area is 111 Å². The number of hydrogen-bond donors (Lipinski definition) is 2. The van der Waals surface area contributed by atoms with Gasteiger partial charge in [-0.05, 0) is 19.1 Å². The van der Waals surface area contributed by atoms with E-state index in [1.807, 2.05) is 13.0 Å². The Bertz CT molecular complexity index is 562. The largest absolute Gasteiger partial charge is 0.387 e. The third-order valence-corrected chi connectivity index (χ3v) is 2.64. The van der Waals surface area contributed by atoms with E-state index in [-0.39, 0.29) is 5.91 Å². The van der Waals surface area contributed by atoms with Crippen LogP contribution in [0.1, 0.15) is 22.1 Å². The lowest BCUT2D eigenvalue weighted by atomic mass is 10.3. The van der Waals surface area contributed by atoms with Gasteiger partial charge in [0, 0.05) is 14.1 Å². The molecule has 2 aromatic heterocycles. The molecule has 2 aromatic rings. The molecule has 0 saturated heterocycles. The van der Waals surface area contributed by atoms with Crippen LogP contribution in [-0.2, 0) is 6.54 Å². The molecule has 7 heteroatoms. The van der Waals surface area contributed by atoms with Gasteiger partial charge >= 0.3 is 0 Å². The van der Waals surface area contributed by atoms with Crippen LogP contribution in [0.2, 0.25) is 0 Å². The molecule has 2 N–H and O–H groups in total. The summed E-state index contributed by atoms with van der Waals surface area (Å²) in [5.74, 6) is 1.15. The number of hydrogen-bond acceptors (Lipinski definition) is 5. The average molecular weight is 260 g/mol. The van der Waals surface area contributed by atoms with Crippen LogP contribution in [0.4, 0.5) is 5.69 Å². The van der Waals surface area contributed by atoms with E-state index in [4.69, 9.17) is 0 Å². The monoisotopic (exact) mass is 260 g/mol. The summed E-state index contributed by atoms with van der Waals surface area (Å²) in [6.45, 7) is 2.16. The number of aryl methyl sites for hydroxylation is 1. The number of pyridine rings is 1. The molecule has 0 radical (unpaired) electrons. The maximum Gasteiger partial charge on any atom is 0.272 e. The second kappa shape index (κ2) is 5.47. The van der Waals surface area contributed by atoms with Gasteiger partial charge in [0.15, 0.2) is 5.82 Å². The summed E-state index contributed by atoms with van der Waals surface area (Å²) in [4.78, 5) is 21.9. The van der Waals surface area contributed by atoms with Crippen molar-refractivity contribution in [2.75, 3.05) is 19.4 Å². The summed E-state index contributed by atoms with van der Waals surface area (Å²) in [6.07, 6.45) is 1.62. The van der Waals surface area contributed by atoms with Gasteiger partial charge in [-0.1, -0.05) is 0 Å². The first kappa shape index (κ1) is 13.0. The Balaban J connectivity index is 2.05. The predicted molar refractivity (Wildman–Crippen MR) is 70.7 cm³/mol. The fourth-order valence-corrected chi connectivity index (χ4v) is 1.61. The number of aromatic nitrogens is 4. The molecule has 0 fully saturated rings. The van der Waals surface area contributed by atoms with Crippen LogP contribution in [0, 0.1) is 6.92 Å². The molecule has 2 rings (SSSR count). The highest BCUT2D eigenvalue weighted by molar-refractivity contribution is 5.92. The molecule has 0 saturated carbocycles. The minimum atomic E-state index is -0.162. The van der Waals surface area contributed by atoms with Gasteiger partial charge in [0.1, 0.15) is 11.5 Å². The van der Waals surface area contributed by atoms with E-state index in [0.717, 1.165) is 11.5 Å². The van der Waals surface area contributed by atoms with Crippen molar-refractivity contribution < 1.29 is 4.79 Å². The maximum absolute atomic E-state index is 12.1. The quantitative estimate of drug-likeness (QED) is 0.850. The number of carbonyl (C=O) groups excluding carboxylic acids is 1. The van der Waals surface area contributed by atoms with E-state index in [1.165, 1.54) is 4.90 Å². The molecule has 0 spiro atoms. The third-order valence-electron chi connectivity index (χ3n) is 2.64. The Morgan fingerprint density at radius 1 is 1.47 bits per heavy atom. The van der Waals surface area contributed by atoms with Gasteiger partial charge in [-0.15, -0.1) is 0 Å². The summed E-state index contributed by atoms with van der Waals surface area (Å²) >= 11 is 0. The molecule has 0 bridgehead atoms. The highest BCUT2D eigenvalue weighted by atomic mass is 16.2. The summed E-state index contributed by atoms with van der Waals surface area (Å²) in [5.41, 5.74) is 1.26. The molecule has 0 aliphatic carbocycles. The van der Waals surface area contributed by atoms with Crippen LogP contribution >= 0.6 is 0 Å². The van der Waals surface area contributed by atoms with Gasteiger partial charge in [0.2, 0.25) is 0 Å². The summed E-state index contributed by atoms with van der Waals surface area (Å²) < 4.78 is 0. The molecule has 0 aromatic carbocycles. The van der Waals surface area contributed by atoms with Gasteiger partial charge in [-0.25, -0.2) is 9.97 Å². The van der Waals surface area contributed by atoms with Crippen LogP contribution in [0.15, 0.2) is 18.3 Å². The molecule has 0 atom stereocenters. The van der Waals surface area contributed by atoms with Gasteiger partial charge in [0.05, 0.1) is 18.4 Å². The first-order valence-corrected chi connectivity index (χ1v) is 5.87. The number of H-pyrrole nitrogens is 1. The van der Waals surface area contributed by atoms with E-state index in [2.05, 4.69) is 25.5 Å². The molecular weight excluding hydrogens is 244 g/mol. The number of nitrogens with one attached hydrogen (secondary N) is 2. The number of anilines is 1. The number of amides is 1. The normalized spacial score (nSPS) is 10.3. The van der Waals surface area contributed by atoms with Crippen molar-refractivity contribution in [3.05, 3.63) is 35.7 Å². The SMILES string of the molecule is CNc1ccc(C(=O)N(C)Cc2n[nH]c(C)n2)nc1. The first-order valence-electron chi connectivity index (χ1n) is 5.87. The van der Waals surface area contributed by atoms with E-state index in [9.17, 15) is 4.79 Å². The summed E-state index contributed by atoms with van der Waals surface area (Å²) in [7, 11) is 3.50. The van der Waals surface area contributed by atoms with Crippen LogP contribution in [-0.4, -0.2) is 45.1 Å². The van der Waals surface area contributed by atoms with Gasteiger partial charge < -0.3 is 10.2 Å². The third kappa shape index (κ3) is 3.06. The Morgan fingerprint density at radius 3 is 2.79 bits per heavy atom. The van der Waals surface area contributed by atoms with Crippen LogP contribution < -0.4 is 5.32 Å². The Hall–Kier alpha value is -2.44. The maximum atomic E-state index is 12.1. The van der Waals surface area contributed by atoms with Crippen molar-refractivity contribution in [2.45, 2.75) is 13.5 Å². The van der Waals surface area contributed by atoms with Crippen molar-refractivity contribution in [3.8, 4) is 0 Å². The molecule has 100 valence electrons. The lowest BCUT2D eigenvalue weighted by molar-refractivity contribution is 0.0776. The molecule has 0 aliphatic rings. The number of aromatic amines is 1. The smallest absolute Gasteiger partial charge is 0.272 e. The van der Waals surface area contributed by atoms with E-state index < -0.39 is 0 Å². The van der Waals surface area contributed by atoms with Crippen LogP contribution in [0.3, 0.4) is 0 Å². The van der Waals surface area contributed by atoms with Crippen molar-refractivity contribution in [3.63, 3.8) is 0 Å². The fourth-order valence-electron chi connectivity index (χ4n) is 1.61. The van der Waals surface area contributed by atoms with E-state index in [0.29, 0.717) is 18.1 Å². The molecule has 1 amide bonds. The second-order valence-electron chi connectivity index (χ2n) is 4.18. The molecule has 7 nitrogen and oxygen atoms in total. The number of carbonyl (C=O) groups is 1. The van der Waals surface area contributed by atoms with Crippen molar-refractivity contribution >= 4 is 11.6 Å². The zero-order valence-corrected chi connectivity index (χ0v) is 11.1. The highest BCUT2D eigenvalue weighted by Gasteiger charge is 2.15. The standard InChI is InChI=1S/C12H16N6O/c1-8-15-11(17-16-8)7-18(3)12(19)10-5-4-9(13-2)6-14-10/h4-6,13H,7H2,1-3H3,(H,15,16,17). The van der Waals surface area contributed by atoms with Crippen molar-refractivity contribution in [1.82, 2.24) is 25.1 Å². The average Bonchev–Trinajstić information content (AvgIpc) is 2.83. The predicted octanol–water partition coefficient (Wildman–Crippen LogP) is 0.822. The Morgan fingerprint density at radius 2 is 2.26 bits per heavy atom. The van der Waals surface area contributed by atoms with Gasteiger partial charge in [0.25, 0.3) is 5.91 Å². The fraction of sp³-hybridized carbons (Fsp3) is 0.333. The lowest BCUT2D eigenvalue weighted by Gasteiger charge is -2.14. The Kier molecular flexibility index (Phi) is 3.74. The highest BCUT2D eigenvalue weighted by Crippen LogP contribution is 2.08. The molecule has 2 heterocycles. The molecular formula is C12H16N6O. The summed E-state index contributed by atoms with van der Waals surface area (Å²) in [5, 5.41) is 9.70. The summed E-state index contributed by atoms with van der Waals surface area (Å²) in [6, 6.07) is 3.50.